The number of benzene rings is 1. The zero-order valence-electron chi connectivity index (χ0n) is 11.4. The third-order valence-electron chi connectivity index (χ3n) is 2.98. The second-order valence-electron chi connectivity index (χ2n) is 4.37. The molecular formula is C14H20N2O2. The molecule has 0 saturated carbocycles. The summed E-state index contributed by atoms with van der Waals surface area (Å²) in [4.78, 5) is 2.20. The molecule has 1 unspecified atom stereocenters. The van der Waals surface area contributed by atoms with Gasteiger partial charge in [0.25, 0.3) is 0 Å². The number of ether oxygens (including phenoxy) is 2. The molecule has 0 N–H and O–H groups in total. The Morgan fingerprint density at radius 3 is 2.67 bits per heavy atom. The van der Waals surface area contributed by atoms with Gasteiger partial charge in [-0.2, -0.15) is 5.26 Å². The molecule has 0 amide bonds. The molecule has 98 valence electrons. The van der Waals surface area contributed by atoms with Crippen LogP contribution in [-0.4, -0.2) is 38.8 Å². The second-order valence-corrected chi connectivity index (χ2v) is 4.37. The van der Waals surface area contributed by atoms with Crippen molar-refractivity contribution < 1.29 is 9.47 Å². The number of nitriles is 1. The highest BCUT2D eigenvalue weighted by Gasteiger charge is 2.10. The van der Waals surface area contributed by atoms with Gasteiger partial charge in [-0.25, -0.2) is 0 Å². The van der Waals surface area contributed by atoms with E-state index in [2.05, 4.69) is 17.9 Å². The summed E-state index contributed by atoms with van der Waals surface area (Å²) in [5, 5.41) is 8.92. The zero-order valence-corrected chi connectivity index (χ0v) is 11.4. The average Bonchev–Trinajstić information content (AvgIpc) is 2.38. The van der Waals surface area contributed by atoms with Crippen LogP contribution in [0.15, 0.2) is 18.2 Å². The van der Waals surface area contributed by atoms with E-state index >= 15 is 0 Å². The van der Waals surface area contributed by atoms with Gasteiger partial charge in [-0.15, -0.1) is 0 Å². The van der Waals surface area contributed by atoms with Crippen LogP contribution in [-0.2, 0) is 11.3 Å². The molecule has 0 spiro atoms. The van der Waals surface area contributed by atoms with Crippen molar-refractivity contribution in [1.82, 2.24) is 4.90 Å². The summed E-state index contributed by atoms with van der Waals surface area (Å²) < 4.78 is 10.3. The van der Waals surface area contributed by atoms with E-state index in [0.29, 0.717) is 24.0 Å². The number of hydrogen-bond donors (Lipinski definition) is 0. The molecule has 0 fully saturated rings. The summed E-state index contributed by atoms with van der Waals surface area (Å²) in [5.74, 6) is 0.628. The quantitative estimate of drug-likeness (QED) is 0.772. The molecule has 0 aliphatic carbocycles. The monoisotopic (exact) mass is 248 g/mol. The van der Waals surface area contributed by atoms with Crippen molar-refractivity contribution in [2.75, 3.05) is 27.9 Å². The summed E-state index contributed by atoms with van der Waals surface area (Å²) in [6.45, 7) is 3.61. The van der Waals surface area contributed by atoms with E-state index in [1.165, 1.54) is 0 Å². The van der Waals surface area contributed by atoms with Gasteiger partial charge < -0.3 is 9.47 Å². The van der Waals surface area contributed by atoms with E-state index in [4.69, 9.17) is 14.7 Å². The maximum atomic E-state index is 8.92. The largest absolute Gasteiger partial charge is 0.495 e. The van der Waals surface area contributed by atoms with Crippen molar-refractivity contribution in [2.45, 2.75) is 19.5 Å². The fourth-order valence-electron chi connectivity index (χ4n) is 1.74. The highest BCUT2D eigenvalue weighted by molar-refractivity contribution is 5.45. The predicted molar refractivity (Wildman–Crippen MR) is 70.5 cm³/mol. The van der Waals surface area contributed by atoms with Crippen LogP contribution >= 0.6 is 0 Å². The van der Waals surface area contributed by atoms with Gasteiger partial charge in [-0.1, -0.05) is 6.07 Å². The lowest BCUT2D eigenvalue weighted by molar-refractivity contribution is 0.112. The number of likely N-dealkylation sites (N-methyl/N-ethyl adjacent to an activating group) is 1. The molecule has 4 nitrogen and oxygen atoms in total. The van der Waals surface area contributed by atoms with Gasteiger partial charge in [0, 0.05) is 19.7 Å². The lowest BCUT2D eigenvalue weighted by Gasteiger charge is -2.24. The Bertz CT molecular complexity index is 426. The summed E-state index contributed by atoms with van der Waals surface area (Å²) in [6.07, 6.45) is 0. The standard InChI is InChI=1S/C14H20N2O2/c1-11(10-17-3)16(2)9-12-5-6-13(8-15)14(7-12)18-4/h5-7,11H,9-10H2,1-4H3. The fourth-order valence-corrected chi connectivity index (χ4v) is 1.74. The first-order valence-corrected chi connectivity index (χ1v) is 5.88. The van der Waals surface area contributed by atoms with E-state index in [-0.39, 0.29) is 0 Å². The average molecular weight is 248 g/mol. The minimum absolute atomic E-state index is 0.344. The van der Waals surface area contributed by atoms with Crippen molar-refractivity contribution in [3.05, 3.63) is 29.3 Å². The van der Waals surface area contributed by atoms with Crippen molar-refractivity contribution in [3.63, 3.8) is 0 Å². The van der Waals surface area contributed by atoms with Gasteiger partial charge >= 0.3 is 0 Å². The van der Waals surface area contributed by atoms with Crippen LogP contribution < -0.4 is 4.74 Å². The summed E-state index contributed by atoms with van der Waals surface area (Å²) in [6, 6.07) is 8.12. The molecule has 0 saturated heterocycles. The van der Waals surface area contributed by atoms with Crippen LogP contribution in [0.2, 0.25) is 0 Å². The molecule has 0 aliphatic heterocycles. The number of rotatable bonds is 6. The molecule has 0 bridgehead atoms. The first-order chi connectivity index (χ1) is 8.62. The molecule has 1 aromatic carbocycles. The summed E-state index contributed by atoms with van der Waals surface area (Å²) in [5.41, 5.74) is 1.69. The fraction of sp³-hybridized carbons (Fsp3) is 0.500. The highest BCUT2D eigenvalue weighted by atomic mass is 16.5. The molecule has 18 heavy (non-hydrogen) atoms. The van der Waals surface area contributed by atoms with E-state index < -0.39 is 0 Å². The second kappa shape index (κ2) is 7.00. The lowest BCUT2D eigenvalue weighted by Crippen LogP contribution is -2.32. The Hall–Kier alpha value is -1.57. The molecule has 1 atom stereocenters. The van der Waals surface area contributed by atoms with Crippen LogP contribution in [0.3, 0.4) is 0 Å². The minimum atomic E-state index is 0.344. The van der Waals surface area contributed by atoms with Gasteiger partial charge in [-0.3, -0.25) is 4.90 Å². The van der Waals surface area contributed by atoms with E-state index in [0.717, 1.165) is 12.1 Å². The van der Waals surface area contributed by atoms with E-state index in [1.807, 2.05) is 19.2 Å². The van der Waals surface area contributed by atoms with E-state index in [1.54, 1.807) is 20.3 Å². The van der Waals surface area contributed by atoms with Crippen molar-refractivity contribution in [1.29, 1.82) is 5.26 Å². The molecule has 0 heterocycles. The smallest absolute Gasteiger partial charge is 0.136 e. The lowest BCUT2D eigenvalue weighted by atomic mass is 10.1. The molecule has 4 heteroatoms. The van der Waals surface area contributed by atoms with Gasteiger partial charge in [0.2, 0.25) is 0 Å². The third kappa shape index (κ3) is 3.73. The minimum Gasteiger partial charge on any atom is -0.495 e. The van der Waals surface area contributed by atoms with Crippen molar-refractivity contribution >= 4 is 0 Å². The Labute approximate surface area is 109 Å². The summed E-state index contributed by atoms with van der Waals surface area (Å²) in [7, 11) is 5.33. The first-order valence-electron chi connectivity index (χ1n) is 5.88. The van der Waals surface area contributed by atoms with Gasteiger partial charge in [-0.05, 0) is 31.7 Å². The number of nitrogens with zero attached hydrogens (tertiary/aromatic N) is 2. The molecule has 0 radical (unpaired) electrons. The third-order valence-corrected chi connectivity index (χ3v) is 2.98. The molecule has 1 aromatic rings. The van der Waals surface area contributed by atoms with Crippen LogP contribution in [0.4, 0.5) is 0 Å². The Balaban J connectivity index is 2.76. The molecule has 0 aliphatic rings. The first kappa shape index (κ1) is 14.5. The molecule has 0 aromatic heterocycles. The van der Waals surface area contributed by atoms with Crippen molar-refractivity contribution in [3.8, 4) is 11.8 Å². The predicted octanol–water partition coefficient (Wildman–Crippen LogP) is 2.03. The maximum Gasteiger partial charge on any atom is 0.136 e. The summed E-state index contributed by atoms with van der Waals surface area (Å²) >= 11 is 0. The number of hydrogen-bond acceptors (Lipinski definition) is 4. The zero-order chi connectivity index (χ0) is 13.5. The van der Waals surface area contributed by atoms with Crippen LogP contribution in [0.5, 0.6) is 5.75 Å². The van der Waals surface area contributed by atoms with Crippen molar-refractivity contribution in [2.24, 2.45) is 0 Å². The van der Waals surface area contributed by atoms with Crippen LogP contribution in [0.25, 0.3) is 0 Å². The van der Waals surface area contributed by atoms with Gasteiger partial charge in [0.05, 0.1) is 19.3 Å². The van der Waals surface area contributed by atoms with Crippen LogP contribution in [0, 0.1) is 11.3 Å². The topological polar surface area (TPSA) is 45.5 Å². The van der Waals surface area contributed by atoms with Gasteiger partial charge in [0.1, 0.15) is 11.8 Å². The van der Waals surface area contributed by atoms with Crippen LogP contribution in [0.1, 0.15) is 18.1 Å². The Morgan fingerprint density at radius 2 is 2.11 bits per heavy atom. The Kier molecular flexibility index (Phi) is 5.63. The SMILES string of the molecule is COCC(C)N(C)Cc1ccc(C#N)c(OC)c1. The Morgan fingerprint density at radius 1 is 1.39 bits per heavy atom. The maximum absolute atomic E-state index is 8.92. The highest BCUT2D eigenvalue weighted by Crippen LogP contribution is 2.20. The number of methoxy groups -OCH3 is 2. The normalized spacial score (nSPS) is 12.2. The van der Waals surface area contributed by atoms with E-state index in [9.17, 15) is 0 Å². The van der Waals surface area contributed by atoms with Gasteiger partial charge in [0.15, 0.2) is 0 Å². The molecular weight excluding hydrogens is 228 g/mol. The molecule has 1 rings (SSSR count).